The molecule has 2 amide bonds. The number of amides is 2. The Labute approximate surface area is 137 Å². The number of hydrogen-bond donors (Lipinski definition) is 2. The molecule has 1 saturated heterocycles. The molecule has 0 spiro atoms. The predicted octanol–water partition coefficient (Wildman–Crippen LogP) is 1.01. The van der Waals surface area contributed by atoms with Gasteiger partial charge in [-0.25, -0.2) is 0 Å². The van der Waals surface area contributed by atoms with Crippen molar-refractivity contribution in [3.8, 4) is 0 Å². The Morgan fingerprint density at radius 1 is 1.26 bits per heavy atom. The van der Waals surface area contributed by atoms with Crippen LogP contribution in [0.25, 0.3) is 0 Å². The summed E-state index contributed by atoms with van der Waals surface area (Å²) >= 11 is 0. The van der Waals surface area contributed by atoms with Gasteiger partial charge < -0.3 is 15.5 Å². The maximum absolute atomic E-state index is 12.2. The third-order valence-corrected chi connectivity index (χ3v) is 4.10. The Hall–Kier alpha value is -1.92. The molecule has 6 heteroatoms. The number of carbonyl (C=O) groups excluding carboxylic acids is 2. The minimum absolute atomic E-state index is 0.0200. The van der Waals surface area contributed by atoms with Gasteiger partial charge in [-0.15, -0.1) is 0 Å². The van der Waals surface area contributed by atoms with Gasteiger partial charge in [-0.05, 0) is 50.7 Å². The number of anilines is 1. The molecule has 0 aliphatic carbocycles. The summed E-state index contributed by atoms with van der Waals surface area (Å²) in [6, 6.07) is 7.46. The third-order valence-electron chi connectivity index (χ3n) is 4.10. The number of rotatable bonds is 5. The Kier molecular flexibility index (Phi) is 6.12. The number of carbonyl (C=O) groups is 2. The van der Waals surface area contributed by atoms with E-state index in [1.807, 2.05) is 7.05 Å². The maximum Gasteiger partial charge on any atom is 0.253 e. The summed E-state index contributed by atoms with van der Waals surface area (Å²) in [6.45, 7) is 2.26. The van der Waals surface area contributed by atoms with E-state index in [1.54, 1.807) is 38.4 Å². The summed E-state index contributed by atoms with van der Waals surface area (Å²) in [7, 11) is 5.40. The third kappa shape index (κ3) is 5.04. The van der Waals surface area contributed by atoms with Crippen LogP contribution in [0.3, 0.4) is 0 Å². The lowest BCUT2D eigenvalue weighted by Crippen LogP contribution is -2.46. The molecule has 1 atom stereocenters. The summed E-state index contributed by atoms with van der Waals surface area (Å²) in [5, 5.41) is 6.16. The van der Waals surface area contributed by atoms with Crippen LogP contribution in [-0.2, 0) is 4.79 Å². The smallest absolute Gasteiger partial charge is 0.253 e. The average Bonchev–Trinajstić information content (AvgIpc) is 2.54. The van der Waals surface area contributed by atoms with Crippen LogP contribution in [0.5, 0.6) is 0 Å². The molecular formula is C17H26N4O2. The van der Waals surface area contributed by atoms with Crippen molar-refractivity contribution in [2.24, 2.45) is 0 Å². The predicted molar refractivity (Wildman–Crippen MR) is 91.6 cm³/mol. The van der Waals surface area contributed by atoms with Crippen molar-refractivity contribution in [3.63, 3.8) is 0 Å². The van der Waals surface area contributed by atoms with Crippen LogP contribution in [0.4, 0.5) is 5.69 Å². The molecule has 0 aromatic heterocycles. The van der Waals surface area contributed by atoms with Gasteiger partial charge in [-0.1, -0.05) is 0 Å². The maximum atomic E-state index is 12.2. The summed E-state index contributed by atoms with van der Waals surface area (Å²) in [5.74, 6) is -0.0669. The van der Waals surface area contributed by atoms with E-state index in [-0.39, 0.29) is 11.8 Å². The Morgan fingerprint density at radius 3 is 2.57 bits per heavy atom. The minimum Gasteiger partial charge on any atom is -0.345 e. The van der Waals surface area contributed by atoms with E-state index in [9.17, 15) is 9.59 Å². The SMILES string of the molecule is CNC1CCCN(CC(=O)Nc2ccc(C(=O)N(C)C)cc2)C1. The molecule has 6 nitrogen and oxygen atoms in total. The number of hydrogen-bond acceptors (Lipinski definition) is 4. The fourth-order valence-corrected chi connectivity index (χ4v) is 2.79. The molecule has 1 fully saturated rings. The molecule has 126 valence electrons. The van der Waals surface area contributed by atoms with Crippen LogP contribution in [0.2, 0.25) is 0 Å². The summed E-state index contributed by atoms with van der Waals surface area (Å²) < 4.78 is 0. The van der Waals surface area contributed by atoms with Crippen molar-refractivity contribution in [3.05, 3.63) is 29.8 Å². The molecule has 0 radical (unpaired) electrons. The molecule has 1 unspecified atom stereocenters. The van der Waals surface area contributed by atoms with Crippen molar-refractivity contribution in [1.29, 1.82) is 0 Å². The average molecular weight is 318 g/mol. The second-order valence-corrected chi connectivity index (χ2v) is 6.19. The van der Waals surface area contributed by atoms with Gasteiger partial charge in [0.15, 0.2) is 0 Å². The van der Waals surface area contributed by atoms with E-state index in [2.05, 4.69) is 15.5 Å². The van der Waals surface area contributed by atoms with Gasteiger partial charge in [0.05, 0.1) is 6.54 Å². The van der Waals surface area contributed by atoms with Crippen molar-refractivity contribution in [2.45, 2.75) is 18.9 Å². The highest BCUT2D eigenvalue weighted by molar-refractivity contribution is 5.96. The lowest BCUT2D eigenvalue weighted by molar-refractivity contribution is -0.117. The Bertz CT molecular complexity index is 542. The lowest BCUT2D eigenvalue weighted by atomic mass is 10.1. The Balaban J connectivity index is 1.86. The van der Waals surface area contributed by atoms with Gasteiger partial charge in [0, 0.05) is 37.9 Å². The number of likely N-dealkylation sites (tertiary alicyclic amines) is 1. The highest BCUT2D eigenvalue weighted by Crippen LogP contribution is 2.12. The fourth-order valence-electron chi connectivity index (χ4n) is 2.79. The molecule has 1 heterocycles. The van der Waals surface area contributed by atoms with Crippen LogP contribution in [0.15, 0.2) is 24.3 Å². The molecule has 2 N–H and O–H groups in total. The van der Waals surface area contributed by atoms with E-state index in [4.69, 9.17) is 0 Å². The van der Waals surface area contributed by atoms with Crippen molar-refractivity contribution >= 4 is 17.5 Å². The fraction of sp³-hybridized carbons (Fsp3) is 0.529. The first-order valence-corrected chi connectivity index (χ1v) is 8.01. The highest BCUT2D eigenvalue weighted by atomic mass is 16.2. The number of piperidine rings is 1. The summed E-state index contributed by atoms with van der Waals surface area (Å²) in [6.07, 6.45) is 2.27. The molecule has 23 heavy (non-hydrogen) atoms. The zero-order valence-corrected chi connectivity index (χ0v) is 14.1. The van der Waals surface area contributed by atoms with E-state index >= 15 is 0 Å². The first-order valence-electron chi connectivity index (χ1n) is 8.01. The number of likely N-dealkylation sites (N-methyl/N-ethyl adjacent to an activating group) is 1. The molecule has 0 saturated carbocycles. The van der Waals surface area contributed by atoms with Crippen molar-refractivity contribution < 1.29 is 9.59 Å². The highest BCUT2D eigenvalue weighted by Gasteiger charge is 2.20. The second-order valence-electron chi connectivity index (χ2n) is 6.19. The van der Waals surface area contributed by atoms with Crippen molar-refractivity contribution in [2.75, 3.05) is 46.1 Å². The van der Waals surface area contributed by atoms with E-state index in [0.717, 1.165) is 25.9 Å². The van der Waals surface area contributed by atoms with Crippen molar-refractivity contribution in [1.82, 2.24) is 15.1 Å². The van der Waals surface area contributed by atoms with E-state index in [1.165, 1.54) is 4.90 Å². The number of benzene rings is 1. The molecule has 1 aliphatic rings. The van der Waals surface area contributed by atoms with Gasteiger partial charge in [0.1, 0.15) is 0 Å². The minimum atomic E-state index is -0.0469. The zero-order chi connectivity index (χ0) is 16.8. The number of nitrogens with one attached hydrogen (secondary N) is 2. The largest absolute Gasteiger partial charge is 0.345 e. The first-order chi connectivity index (χ1) is 11.0. The normalized spacial score (nSPS) is 18.5. The molecule has 1 aliphatic heterocycles. The second kappa shape index (κ2) is 8.08. The summed E-state index contributed by atoms with van der Waals surface area (Å²) in [4.78, 5) is 27.7. The van der Waals surface area contributed by atoms with Gasteiger partial charge in [0.25, 0.3) is 5.91 Å². The standard InChI is InChI=1S/C17H26N4O2/c1-18-15-5-4-10-21(11-15)12-16(22)19-14-8-6-13(7-9-14)17(23)20(2)3/h6-9,15,18H,4-5,10-12H2,1-3H3,(H,19,22). The van der Waals surface area contributed by atoms with Gasteiger partial charge in [-0.2, -0.15) is 0 Å². The quantitative estimate of drug-likeness (QED) is 0.850. The molecular weight excluding hydrogens is 292 g/mol. The molecule has 0 bridgehead atoms. The molecule has 1 aromatic rings. The number of nitrogens with zero attached hydrogens (tertiary/aromatic N) is 2. The summed E-state index contributed by atoms with van der Waals surface area (Å²) in [5.41, 5.74) is 1.33. The molecule has 2 rings (SSSR count). The van der Waals surface area contributed by atoms with E-state index in [0.29, 0.717) is 23.8 Å². The van der Waals surface area contributed by atoms with Crippen LogP contribution < -0.4 is 10.6 Å². The topological polar surface area (TPSA) is 64.7 Å². The monoisotopic (exact) mass is 318 g/mol. The van der Waals surface area contributed by atoms with Crippen LogP contribution in [0, 0.1) is 0 Å². The van der Waals surface area contributed by atoms with E-state index < -0.39 is 0 Å². The Morgan fingerprint density at radius 2 is 1.96 bits per heavy atom. The van der Waals surface area contributed by atoms with Crippen LogP contribution in [-0.4, -0.2) is 68.4 Å². The van der Waals surface area contributed by atoms with Crippen LogP contribution >= 0.6 is 0 Å². The van der Waals surface area contributed by atoms with Gasteiger partial charge in [0.2, 0.25) is 5.91 Å². The first kappa shape index (κ1) is 17.4. The zero-order valence-electron chi connectivity index (χ0n) is 14.1. The molecule has 1 aromatic carbocycles. The van der Waals surface area contributed by atoms with Crippen LogP contribution in [0.1, 0.15) is 23.2 Å². The lowest BCUT2D eigenvalue weighted by Gasteiger charge is -2.31. The van der Waals surface area contributed by atoms with Gasteiger partial charge in [-0.3, -0.25) is 14.5 Å². The van der Waals surface area contributed by atoms with Gasteiger partial charge >= 0.3 is 0 Å².